The molecule has 1 unspecified atom stereocenters. The average molecular weight is 274 g/mol. The molecule has 0 aliphatic rings. The second-order valence-electron chi connectivity index (χ2n) is 2.23. The minimum absolute atomic E-state index is 0. The maximum Gasteiger partial charge on any atom is 0.159 e. The molecule has 0 saturated carbocycles. The van der Waals surface area contributed by atoms with Crippen LogP contribution in [0.4, 0.5) is 0 Å². The Bertz CT molecular complexity index is 233. The molecule has 0 fully saturated rings. The molecule has 0 aliphatic heterocycles. The summed E-state index contributed by atoms with van der Waals surface area (Å²) in [5, 5.41) is 8.65. The van der Waals surface area contributed by atoms with Crippen LogP contribution in [0.2, 0.25) is 0 Å². The molecule has 1 rings (SSSR count). The van der Waals surface area contributed by atoms with E-state index in [4.69, 9.17) is 10.8 Å². The highest BCUT2D eigenvalue weighted by molar-refractivity contribution is 9.11. The molecule has 1 aromatic rings. The van der Waals surface area contributed by atoms with Crippen LogP contribution >= 0.6 is 39.7 Å². The van der Waals surface area contributed by atoms with Crippen molar-refractivity contribution < 1.29 is 5.11 Å². The Labute approximate surface area is 89.5 Å². The number of nitrogens with two attached hydrogens (primary N) is 1. The average Bonchev–Trinajstić information content (AvgIpc) is 2.35. The van der Waals surface area contributed by atoms with Gasteiger partial charge in [-0.2, -0.15) is 0 Å². The minimum atomic E-state index is -0.164. The Morgan fingerprint density at radius 1 is 1.75 bits per heavy atom. The number of nitrogens with zero attached hydrogens (tertiary/aromatic N) is 1. The first-order chi connectivity index (χ1) is 5.22. The number of aliphatic hydroxyl groups is 1. The third-order valence-electron chi connectivity index (χ3n) is 1.22. The Balaban J connectivity index is 0.00000121. The lowest BCUT2D eigenvalue weighted by molar-refractivity contribution is 0.265. The first-order valence-electron chi connectivity index (χ1n) is 3.19. The lowest BCUT2D eigenvalue weighted by atomic mass is 10.2. The fraction of sp³-hybridized carbons (Fsp3) is 0.500. The van der Waals surface area contributed by atoms with Crippen LogP contribution in [0.3, 0.4) is 0 Å². The van der Waals surface area contributed by atoms with E-state index in [2.05, 4.69) is 20.9 Å². The number of thiazole rings is 1. The van der Waals surface area contributed by atoms with Crippen molar-refractivity contribution in [3.05, 3.63) is 15.0 Å². The summed E-state index contributed by atoms with van der Waals surface area (Å²) in [4.78, 5) is 5.10. The molecule has 0 amide bonds. The van der Waals surface area contributed by atoms with E-state index in [9.17, 15) is 0 Å². The molecule has 1 atom stereocenters. The number of hydrogen-bond acceptors (Lipinski definition) is 4. The van der Waals surface area contributed by atoms with Gasteiger partial charge in [0.1, 0.15) is 0 Å². The molecule has 0 aromatic carbocycles. The van der Waals surface area contributed by atoms with E-state index in [0.717, 1.165) is 8.79 Å². The zero-order valence-corrected chi connectivity index (χ0v) is 9.45. The molecule has 0 saturated heterocycles. The van der Waals surface area contributed by atoms with Gasteiger partial charge in [-0.1, -0.05) is 0 Å². The first kappa shape index (κ1) is 12.3. The summed E-state index contributed by atoms with van der Waals surface area (Å²) in [5.74, 6) is 0. The van der Waals surface area contributed by atoms with Crippen LogP contribution in [0.15, 0.2) is 10.1 Å². The predicted molar refractivity (Wildman–Crippen MR) is 55.8 cm³/mol. The molecule has 6 heteroatoms. The summed E-state index contributed by atoms with van der Waals surface area (Å²) < 4.78 is 0.859. The normalized spacial score (nSPS) is 12.2. The smallest absolute Gasteiger partial charge is 0.159 e. The molecule has 12 heavy (non-hydrogen) atoms. The quantitative estimate of drug-likeness (QED) is 0.870. The third kappa shape index (κ3) is 3.82. The Kier molecular flexibility index (Phi) is 6.04. The van der Waals surface area contributed by atoms with Crippen molar-refractivity contribution in [2.24, 2.45) is 5.73 Å². The summed E-state index contributed by atoms with van der Waals surface area (Å²) in [7, 11) is 0. The van der Waals surface area contributed by atoms with Gasteiger partial charge in [0.2, 0.25) is 0 Å². The fourth-order valence-electron chi connectivity index (χ4n) is 0.701. The largest absolute Gasteiger partial charge is 0.395 e. The van der Waals surface area contributed by atoms with E-state index in [-0.39, 0.29) is 25.1 Å². The van der Waals surface area contributed by atoms with Gasteiger partial charge in [0.25, 0.3) is 0 Å². The SMILES string of the molecule is Cl.NC(CO)Cc1cnc(Br)s1. The standard InChI is InChI=1S/C6H9BrN2OS.ClH/c7-6-9-2-5(11-6)1-4(8)3-10;/h2,4,10H,1,3,8H2;1H. The summed E-state index contributed by atoms with van der Waals surface area (Å²) in [5.41, 5.74) is 5.53. The second kappa shape index (κ2) is 5.88. The van der Waals surface area contributed by atoms with Crippen molar-refractivity contribution in [1.82, 2.24) is 4.98 Å². The Morgan fingerprint density at radius 2 is 2.42 bits per heavy atom. The summed E-state index contributed by atoms with van der Waals surface area (Å²) in [6, 6.07) is -0.164. The maximum absolute atomic E-state index is 8.65. The topological polar surface area (TPSA) is 59.1 Å². The monoisotopic (exact) mass is 272 g/mol. The van der Waals surface area contributed by atoms with Crippen LogP contribution in [0.5, 0.6) is 0 Å². The van der Waals surface area contributed by atoms with Crippen molar-refractivity contribution in [3.8, 4) is 0 Å². The lowest BCUT2D eigenvalue weighted by Crippen LogP contribution is -2.26. The van der Waals surface area contributed by atoms with E-state index in [1.165, 1.54) is 0 Å². The van der Waals surface area contributed by atoms with Crippen molar-refractivity contribution in [1.29, 1.82) is 0 Å². The molecule has 3 nitrogen and oxygen atoms in total. The number of halogens is 2. The zero-order valence-electron chi connectivity index (χ0n) is 6.24. The van der Waals surface area contributed by atoms with Gasteiger partial charge in [-0.3, -0.25) is 0 Å². The van der Waals surface area contributed by atoms with Gasteiger partial charge >= 0.3 is 0 Å². The summed E-state index contributed by atoms with van der Waals surface area (Å²) in [6.07, 6.45) is 2.46. The summed E-state index contributed by atoms with van der Waals surface area (Å²) >= 11 is 4.79. The first-order valence-corrected chi connectivity index (χ1v) is 4.80. The van der Waals surface area contributed by atoms with Gasteiger partial charge in [-0.05, 0) is 15.9 Å². The highest BCUT2D eigenvalue weighted by Crippen LogP contribution is 2.19. The van der Waals surface area contributed by atoms with Crippen molar-refractivity contribution >= 4 is 39.7 Å². The molecule has 1 heterocycles. The van der Waals surface area contributed by atoms with Crippen LogP contribution in [0.1, 0.15) is 4.88 Å². The molecule has 0 radical (unpaired) electrons. The number of rotatable bonds is 3. The van der Waals surface area contributed by atoms with Crippen LogP contribution in [0.25, 0.3) is 0 Å². The molecular formula is C6H10BrClN2OS. The fourth-order valence-corrected chi connectivity index (χ4v) is 2.15. The minimum Gasteiger partial charge on any atom is -0.395 e. The second-order valence-corrected chi connectivity index (χ2v) is 4.62. The van der Waals surface area contributed by atoms with Gasteiger partial charge in [0.15, 0.2) is 3.92 Å². The Hall–Kier alpha value is 0.320. The van der Waals surface area contributed by atoms with E-state index < -0.39 is 0 Å². The molecule has 0 bridgehead atoms. The number of aliphatic hydroxyl groups excluding tert-OH is 1. The van der Waals surface area contributed by atoms with Gasteiger partial charge < -0.3 is 10.8 Å². The van der Waals surface area contributed by atoms with E-state index in [0.29, 0.717) is 6.42 Å². The molecule has 1 aromatic heterocycles. The maximum atomic E-state index is 8.65. The lowest BCUT2D eigenvalue weighted by Gasteiger charge is -2.03. The molecule has 0 spiro atoms. The highest BCUT2D eigenvalue weighted by Gasteiger charge is 2.04. The van der Waals surface area contributed by atoms with Gasteiger partial charge in [-0.25, -0.2) is 4.98 Å². The molecule has 70 valence electrons. The molecule has 3 N–H and O–H groups in total. The van der Waals surface area contributed by atoms with Crippen LogP contribution in [0, 0.1) is 0 Å². The number of hydrogen-bond donors (Lipinski definition) is 2. The highest BCUT2D eigenvalue weighted by atomic mass is 79.9. The van der Waals surface area contributed by atoms with Gasteiger partial charge in [0.05, 0.1) is 6.61 Å². The van der Waals surface area contributed by atoms with Crippen LogP contribution < -0.4 is 5.73 Å². The van der Waals surface area contributed by atoms with E-state index in [1.54, 1.807) is 17.5 Å². The van der Waals surface area contributed by atoms with Gasteiger partial charge in [0, 0.05) is 23.5 Å². The van der Waals surface area contributed by atoms with Crippen LogP contribution in [-0.4, -0.2) is 22.7 Å². The molecular weight excluding hydrogens is 264 g/mol. The zero-order chi connectivity index (χ0) is 8.27. The summed E-state index contributed by atoms with van der Waals surface area (Å²) in [6.45, 7) is 0.0233. The van der Waals surface area contributed by atoms with Crippen molar-refractivity contribution in [2.75, 3.05) is 6.61 Å². The van der Waals surface area contributed by atoms with Crippen molar-refractivity contribution in [2.45, 2.75) is 12.5 Å². The van der Waals surface area contributed by atoms with Crippen molar-refractivity contribution in [3.63, 3.8) is 0 Å². The third-order valence-corrected chi connectivity index (χ3v) is 2.72. The molecule has 0 aliphatic carbocycles. The number of aromatic nitrogens is 1. The van der Waals surface area contributed by atoms with E-state index in [1.807, 2.05) is 0 Å². The van der Waals surface area contributed by atoms with E-state index >= 15 is 0 Å². The Morgan fingerprint density at radius 3 is 2.83 bits per heavy atom. The predicted octanol–water partition coefficient (Wildman–Crippen LogP) is 1.19. The van der Waals surface area contributed by atoms with Gasteiger partial charge in [-0.15, -0.1) is 23.7 Å². The van der Waals surface area contributed by atoms with Crippen LogP contribution in [-0.2, 0) is 6.42 Å².